The molecule has 2 aromatic carbocycles. The Morgan fingerprint density at radius 1 is 0.634 bits per heavy atom. The Kier molecular flexibility index (Phi) is 6.52. The van der Waals surface area contributed by atoms with Crippen LogP contribution in [0.15, 0.2) is 60.9 Å². The third-order valence-corrected chi connectivity index (χ3v) is 7.32. The molecule has 2 aliphatic rings. The third kappa shape index (κ3) is 5.51. The summed E-state index contributed by atoms with van der Waals surface area (Å²) in [6.07, 6.45) is -2.32. The highest BCUT2D eigenvalue weighted by molar-refractivity contribution is 5.59. The SMILES string of the molecule is N#CC(c1cnc(-c2ccc(C(F)(F)F)cc2)nc1C1CC1)c1cnc(-c2ccc(C(F)(F)F)cc2)nc1C1CC1. The molecule has 0 atom stereocenters. The van der Waals surface area contributed by atoms with E-state index in [1.54, 1.807) is 12.4 Å². The van der Waals surface area contributed by atoms with Gasteiger partial charge in [-0.3, -0.25) is 0 Å². The van der Waals surface area contributed by atoms with Gasteiger partial charge in [0.15, 0.2) is 11.6 Å². The fourth-order valence-corrected chi connectivity index (χ4v) is 4.82. The van der Waals surface area contributed by atoms with Gasteiger partial charge in [-0.25, -0.2) is 19.9 Å². The van der Waals surface area contributed by atoms with Crippen molar-refractivity contribution < 1.29 is 26.3 Å². The molecule has 2 aliphatic carbocycles. The molecular weight excluding hydrogens is 544 g/mol. The zero-order valence-electron chi connectivity index (χ0n) is 21.3. The van der Waals surface area contributed by atoms with Gasteiger partial charge >= 0.3 is 12.4 Å². The number of hydrogen-bond acceptors (Lipinski definition) is 5. The van der Waals surface area contributed by atoms with Crippen molar-refractivity contribution in [1.82, 2.24) is 19.9 Å². The van der Waals surface area contributed by atoms with Gasteiger partial charge in [0.2, 0.25) is 0 Å². The maximum atomic E-state index is 13.0. The Bertz CT molecular complexity index is 1510. The van der Waals surface area contributed by atoms with E-state index in [1.807, 2.05) is 0 Å². The van der Waals surface area contributed by atoms with Crippen LogP contribution in [0.2, 0.25) is 0 Å². The van der Waals surface area contributed by atoms with Gasteiger partial charge in [-0.1, -0.05) is 24.3 Å². The van der Waals surface area contributed by atoms with Crippen LogP contribution in [0.4, 0.5) is 26.3 Å². The third-order valence-electron chi connectivity index (χ3n) is 7.32. The van der Waals surface area contributed by atoms with Crippen molar-refractivity contribution in [2.24, 2.45) is 0 Å². The molecule has 0 unspecified atom stereocenters. The topological polar surface area (TPSA) is 75.3 Å². The van der Waals surface area contributed by atoms with Crippen molar-refractivity contribution in [3.8, 4) is 28.8 Å². The van der Waals surface area contributed by atoms with Gasteiger partial charge in [0.1, 0.15) is 5.92 Å². The molecule has 0 aliphatic heterocycles. The summed E-state index contributed by atoms with van der Waals surface area (Å²) in [5.74, 6) is -0.0261. The standard InChI is InChI=1S/C30H21F6N5/c31-29(32,33)20-9-5-18(6-10-20)27-38-14-23(25(40-27)16-1-2-16)22(13-37)24-15-39-28(41-26(24)17-3-4-17)19-7-11-21(12-8-19)30(34,35)36/h5-12,14-17,22H,1-4H2. The maximum absolute atomic E-state index is 13.0. The molecule has 208 valence electrons. The van der Waals surface area contributed by atoms with Gasteiger partial charge in [0, 0.05) is 46.5 Å². The van der Waals surface area contributed by atoms with Crippen LogP contribution in [-0.2, 0) is 12.4 Å². The summed E-state index contributed by atoms with van der Waals surface area (Å²) in [4.78, 5) is 18.2. The minimum atomic E-state index is -4.45. The molecule has 0 saturated heterocycles. The van der Waals surface area contributed by atoms with E-state index in [-0.39, 0.29) is 23.5 Å². The van der Waals surface area contributed by atoms with Crippen molar-refractivity contribution >= 4 is 0 Å². The van der Waals surface area contributed by atoms with E-state index in [9.17, 15) is 31.6 Å². The highest BCUT2D eigenvalue weighted by Gasteiger charge is 2.36. The molecule has 5 nitrogen and oxygen atoms in total. The largest absolute Gasteiger partial charge is 0.416 e. The fraction of sp³-hybridized carbons (Fsp3) is 0.300. The van der Waals surface area contributed by atoms with Crippen LogP contribution in [0.1, 0.15) is 77.1 Å². The van der Waals surface area contributed by atoms with Gasteiger partial charge in [0.05, 0.1) is 28.6 Å². The number of hydrogen-bond donors (Lipinski definition) is 0. The zero-order valence-corrected chi connectivity index (χ0v) is 21.3. The fourth-order valence-electron chi connectivity index (χ4n) is 4.82. The summed E-state index contributed by atoms with van der Waals surface area (Å²) in [5.41, 5.74) is 1.88. The van der Waals surface area contributed by atoms with Crippen molar-refractivity contribution in [2.45, 2.75) is 55.8 Å². The minimum absolute atomic E-state index is 0.105. The molecule has 41 heavy (non-hydrogen) atoms. The number of aromatic nitrogens is 4. The number of halogens is 6. The van der Waals surface area contributed by atoms with Crippen LogP contribution in [0.25, 0.3) is 22.8 Å². The first-order valence-corrected chi connectivity index (χ1v) is 13.0. The Balaban J connectivity index is 1.36. The van der Waals surface area contributed by atoms with Crippen LogP contribution >= 0.6 is 0 Å². The Labute approximate surface area is 231 Å². The first kappa shape index (κ1) is 26.9. The van der Waals surface area contributed by atoms with Crippen molar-refractivity contribution in [2.75, 3.05) is 0 Å². The van der Waals surface area contributed by atoms with Crippen LogP contribution < -0.4 is 0 Å². The van der Waals surface area contributed by atoms with Crippen LogP contribution in [0.5, 0.6) is 0 Å². The Morgan fingerprint density at radius 3 is 1.29 bits per heavy atom. The van der Waals surface area contributed by atoms with E-state index in [4.69, 9.17) is 9.97 Å². The molecule has 2 saturated carbocycles. The highest BCUT2D eigenvalue weighted by atomic mass is 19.4. The number of rotatable bonds is 6. The summed E-state index contributed by atoms with van der Waals surface area (Å²) in [7, 11) is 0. The lowest BCUT2D eigenvalue weighted by Crippen LogP contribution is -2.11. The number of nitriles is 1. The first-order valence-electron chi connectivity index (χ1n) is 13.0. The smallest absolute Gasteiger partial charge is 0.236 e. The van der Waals surface area contributed by atoms with Gasteiger partial charge in [-0.15, -0.1) is 0 Å². The number of nitrogens with zero attached hydrogens (tertiary/aromatic N) is 5. The molecule has 2 heterocycles. The summed E-state index contributed by atoms with van der Waals surface area (Å²) in [6, 6.07) is 11.6. The Morgan fingerprint density at radius 2 is 1.00 bits per heavy atom. The van der Waals surface area contributed by atoms with E-state index >= 15 is 0 Å². The van der Waals surface area contributed by atoms with Crippen LogP contribution in [0, 0.1) is 11.3 Å². The second-order valence-electron chi connectivity index (χ2n) is 10.3. The Hall–Kier alpha value is -4.33. The number of benzene rings is 2. The second-order valence-corrected chi connectivity index (χ2v) is 10.3. The molecule has 6 rings (SSSR count). The van der Waals surface area contributed by atoms with Crippen molar-refractivity contribution in [3.05, 3.63) is 94.6 Å². The molecule has 0 radical (unpaired) electrons. The molecule has 0 amide bonds. The van der Waals surface area contributed by atoms with Gasteiger partial charge in [0.25, 0.3) is 0 Å². The summed E-state index contributed by atoms with van der Waals surface area (Å²) < 4.78 is 78.0. The normalized spacial score (nSPS) is 15.7. The predicted molar refractivity (Wildman–Crippen MR) is 136 cm³/mol. The zero-order chi connectivity index (χ0) is 28.9. The summed E-state index contributed by atoms with van der Waals surface area (Å²) in [6.45, 7) is 0. The van der Waals surface area contributed by atoms with Gasteiger partial charge in [-0.2, -0.15) is 31.6 Å². The summed E-state index contributed by atoms with van der Waals surface area (Å²) >= 11 is 0. The number of alkyl halides is 6. The second kappa shape index (κ2) is 9.94. The molecule has 0 N–H and O–H groups in total. The molecule has 4 aromatic rings. The average Bonchev–Trinajstić information content (AvgIpc) is 3.87. The molecule has 0 spiro atoms. The average molecular weight is 566 g/mol. The molecule has 2 aromatic heterocycles. The first-order chi connectivity index (χ1) is 19.5. The summed E-state index contributed by atoms with van der Waals surface area (Å²) in [5, 5.41) is 10.3. The van der Waals surface area contributed by atoms with Crippen LogP contribution in [-0.4, -0.2) is 19.9 Å². The minimum Gasteiger partial charge on any atom is -0.236 e. The molecule has 11 heteroatoms. The highest BCUT2D eigenvalue weighted by Crippen LogP contribution is 2.47. The maximum Gasteiger partial charge on any atom is 0.416 e. The lowest BCUT2D eigenvalue weighted by atomic mass is 9.89. The van der Waals surface area contributed by atoms with Crippen molar-refractivity contribution in [3.63, 3.8) is 0 Å². The van der Waals surface area contributed by atoms with E-state index < -0.39 is 29.4 Å². The lowest BCUT2D eigenvalue weighted by molar-refractivity contribution is -0.138. The van der Waals surface area contributed by atoms with E-state index in [2.05, 4.69) is 16.0 Å². The van der Waals surface area contributed by atoms with E-state index in [0.29, 0.717) is 33.6 Å². The van der Waals surface area contributed by atoms with Gasteiger partial charge < -0.3 is 0 Å². The molecular formula is C30H21F6N5. The van der Waals surface area contributed by atoms with Crippen LogP contribution in [0.3, 0.4) is 0 Å². The molecule has 2 fully saturated rings. The van der Waals surface area contributed by atoms with E-state index in [0.717, 1.165) is 49.9 Å². The lowest BCUT2D eigenvalue weighted by Gasteiger charge is -2.18. The monoisotopic (exact) mass is 565 g/mol. The van der Waals surface area contributed by atoms with E-state index in [1.165, 1.54) is 24.3 Å². The van der Waals surface area contributed by atoms with Gasteiger partial charge in [-0.05, 0) is 49.9 Å². The van der Waals surface area contributed by atoms with Crippen molar-refractivity contribution in [1.29, 1.82) is 5.26 Å². The molecule has 0 bridgehead atoms. The predicted octanol–water partition coefficient (Wildman–Crippen LogP) is 8.05. The quantitative estimate of drug-likeness (QED) is 0.221.